The van der Waals surface area contributed by atoms with Gasteiger partial charge in [-0.2, -0.15) is 15.5 Å². The number of H-pyrrole nitrogens is 1. The number of hydrogen-bond donors (Lipinski definition) is 1. The van der Waals surface area contributed by atoms with Crippen LogP contribution in [0.25, 0.3) is 16.9 Å². The maximum atomic E-state index is 12.5. The largest absolute Gasteiger partial charge is 0.461 e. The number of fused-ring (bicyclic) bond motifs is 3. The van der Waals surface area contributed by atoms with Crippen molar-refractivity contribution in [2.75, 3.05) is 6.61 Å². The Morgan fingerprint density at radius 2 is 2.15 bits per heavy atom. The quantitative estimate of drug-likeness (QED) is 0.732. The van der Waals surface area contributed by atoms with Crippen LogP contribution in [-0.2, 0) is 24.0 Å². The highest BCUT2D eigenvalue weighted by Crippen LogP contribution is 2.36. The van der Waals surface area contributed by atoms with Crippen LogP contribution < -0.4 is 0 Å². The molecule has 0 aliphatic heterocycles. The summed E-state index contributed by atoms with van der Waals surface area (Å²) in [4.78, 5) is 12.5. The first-order valence-corrected chi connectivity index (χ1v) is 8.50. The maximum absolute atomic E-state index is 12.5. The van der Waals surface area contributed by atoms with Crippen LogP contribution in [0, 0.1) is 11.3 Å². The van der Waals surface area contributed by atoms with Crippen molar-refractivity contribution in [1.29, 1.82) is 5.26 Å². The Labute approximate surface area is 150 Å². The highest BCUT2D eigenvalue weighted by molar-refractivity contribution is 5.96. The van der Waals surface area contributed by atoms with Crippen LogP contribution in [0.15, 0.2) is 30.5 Å². The smallest absolute Gasteiger partial charge is 0.359 e. The van der Waals surface area contributed by atoms with Crippen LogP contribution in [0.5, 0.6) is 0 Å². The molecule has 7 heteroatoms. The molecule has 0 saturated heterocycles. The molecule has 0 spiro atoms. The van der Waals surface area contributed by atoms with Crippen LogP contribution in [-0.4, -0.2) is 32.6 Å². The van der Waals surface area contributed by atoms with Gasteiger partial charge in [0.2, 0.25) is 0 Å². The molecule has 4 rings (SSSR count). The lowest BCUT2D eigenvalue weighted by Crippen LogP contribution is -2.09. The number of esters is 1. The number of benzene rings is 1. The van der Waals surface area contributed by atoms with E-state index in [-0.39, 0.29) is 0 Å². The molecule has 0 saturated carbocycles. The number of aryl methyl sites for hydroxylation is 1. The van der Waals surface area contributed by atoms with Crippen LogP contribution in [0.2, 0.25) is 0 Å². The van der Waals surface area contributed by atoms with Gasteiger partial charge in [0.1, 0.15) is 0 Å². The third kappa shape index (κ3) is 2.56. The molecular weight excluding hydrogens is 330 g/mol. The Balaban J connectivity index is 1.86. The molecule has 0 amide bonds. The Kier molecular flexibility index (Phi) is 4.01. The normalized spacial score (nSPS) is 12.2. The van der Waals surface area contributed by atoms with Crippen molar-refractivity contribution >= 4 is 5.97 Å². The van der Waals surface area contributed by atoms with E-state index in [1.165, 1.54) is 0 Å². The van der Waals surface area contributed by atoms with Gasteiger partial charge in [-0.3, -0.25) is 5.10 Å². The van der Waals surface area contributed by atoms with E-state index in [0.717, 1.165) is 46.6 Å². The van der Waals surface area contributed by atoms with Gasteiger partial charge in [0.15, 0.2) is 5.69 Å². The number of carbonyl (C=O) groups is 1. The number of aromatic amines is 1. The summed E-state index contributed by atoms with van der Waals surface area (Å²) in [5, 5.41) is 20.5. The summed E-state index contributed by atoms with van der Waals surface area (Å²) in [7, 11) is 0. The summed E-state index contributed by atoms with van der Waals surface area (Å²) in [6.07, 6.45) is 3.75. The number of nitrogens with zero attached hydrogens (tertiary/aromatic N) is 4. The van der Waals surface area contributed by atoms with Crippen LogP contribution in [0.3, 0.4) is 0 Å². The molecule has 0 unspecified atom stereocenters. The fraction of sp³-hybridized carbons (Fsp3) is 0.263. The van der Waals surface area contributed by atoms with Crippen LogP contribution in [0.1, 0.15) is 34.2 Å². The lowest BCUT2D eigenvalue weighted by atomic mass is 9.94. The zero-order chi connectivity index (χ0) is 18.1. The molecule has 1 aliphatic rings. The fourth-order valence-electron chi connectivity index (χ4n) is 3.32. The van der Waals surface area contributed by atoms with Crippen molar-refractivity contribution in [3.05, 3.63) is 53.0 Å². The molecule has 0 radical (unpaired) electrons. The lowest BCUT2D eigenvalue weighted by molar-refractivity contribution is 0.0520. The van der Waals surface area contributed by atoms with Gasteiger partial charge >= 0.3 is 5.97 Å². The minimum Gasteiger partial charge on any atom is -0.461 e. The molecule has 2 aromatic heterocycles. The molecular formula is C19H17N5O2. The monoisotopic (exact) mass is 347 g/mol. The molecule has 3 aromatic rings. The first kappa shape index (κ1) is 16.1. The molecule has 1 N–H and O–H groups in total. The average Bonchev–Trinajstić information content (AvgIpc) is 3.27. The molecule has 130 valence electrons. The van der Waals surface area contributed by atoms with Gasteiger partial charge in [-0.1, -0.05) is 12.1 Å². The van der Waals surface area contributed by atoms with Crippen molar-refractivity contribution in [3.8, 4) is 23.0 Å². The number of ether oxygens (including phenoxy) is 1. The number of aromatic nitrogens is 4. The van der Waals surface area contributed by atoms with Gasteiger partial charge < -0.3 is 4.74 Å². The second-order valence-corrected chi connectivity index (χ2v) is 6.07. The van der Waals surface area contributed by atoms with Gasteiger partial charge in [0.25, 0.3) is 0 Å². The van der Waals surface area contributed by atoms with Gasteiger partial charge in [-0.15, -0.1) is 0 Å². The number of rotatable bonds is 4. The fourth-order valence-corrected chi connectivity index (χ4v) is 3.32. The van der Waals surface area contributed by atoms with E-state index >= 15 is 0 Å². The molecule has 1 aliphatic carbocycles. The minimum absolute atomic E-state index is 0.291. The molecule has 0 bridgehead atoms. The number of nitrogens with one attached hydrogen (secondary N) is 1. The van der Waals surface area contributed by atoms with E-state index in [2.05, 4.69) is 21.4 Å². The summed E-state index contributed by atoms with van der Waals surface area (Å²) < 4.78 is 6.99. The van der Waals surface area contributed by atoms with E-state index in [0.29, 0.717) is 18.7 Å². The standard InChI is InChI=1S/C19H17N5O2/c1-2-26-19(25)18-16-15(8-5-13-11-21-22-17(13)16)24(23-18)14-6-3-12(4-7-14)9-10-20/h3-4,6-7,11H,2,5,8-9H2,1H3,(H,21,22). The predicted octanol–water partition coefficient (Wildman–Crippen LogP) is 2.60. The van der Waals surface area contributed by atoms with Gasteiger partial charge in [-0.05, 0) is 43.0 Å². The molecule has 2 heterocycles. The highest BCUT2D eigenvalue weighted by atomic mass is 16.5. The number of nitriles is 1. The van der Waals surface area contributed by atoms with Crippen molar-refractivity contribution in [3.63, 3.8) is 0 Å². The predicted molar refractivity (Wildman–Crippen MR) is 93.8 cm³/mol. The second-order valence-electron chi connectivity index (χ2n) is 6.07. The first-order chi connectivity index (χ1) is 12.7. The SMILES string of the molecule is CCOC(=O)c1nn(-c2ccc(CC#N)cc2)c2c1-c1[nH]ncc1CC2. The van der Waals surface area contributed by atoms with Crippen LogP contribution in [0.4, 0.5) is 0 Å². The Hall–Kier alpha value is -3.40. The average molecular weight is 347 g/mol. The zero-order valence-electron chi connectivity index (χ0n) is 14.3. The Bertz CT molecular complexity index is 1010. The molecule has 26 heavy (non-hydrogen) atoms. The minimum atomic E-state index is -0.439. The molecule has 0 atom stereocenters. The molecule has 1 aromatic carbocycles. The van der Waals surface area contributed by atoms with Crippen molar-refractivity contribution in [2.24, 2.45) is 0 Å². The molecule has 7 nitrogen and oxygen atoms in total. The number of carbonyl (C=O) groups excluding carboxylic acids is 1. The summed E-state index contributed by atoms with van der Waals surface area (Å²) in [6.45, 7) is 2.07. The van der Waals surface area contributed by atoms with Crippen molar-refractivity contribution in [1.82, 2.24) is 20.0 Å². The third-order valence-electron chi connectivity index (χ3n) is 4.51. The van der Waals surface area contributed by atoms with Crippen LogP contribution >= 0.6 is 0 Å². The Morgan fingerprint density at radius 1 is 1.35 bits per heavy atom. The van der Waals surface area contributed by atoms with Crippen molar-refractivity contribution in [2.45, 2.75) is 26.2 Å². The summed E-state index contributed by atoms with van der Waals surface area (Å²) >= 11 is 0. The van der Waals surface area contributed by atoms with E-state index in [9.17, 15) is 4.79 Å². The topological polar surface area (TPSA) is 96.6 Å². The van der Waals surface area contributed by atoms with E-state index in [4.69, 9.17) is 10.00 Å². The van der Waals surface area contributed by atoms with E-state index in [1.54, 1.807) is 17.8 Å². The molecule has 0 fully saturated rings. The second kappa shape index (κ2) is 6.48. The van der Waals surface area contributed by atoms with Gasteiger partial charge in [-0.25, -0.2) is 9.48 Å². The highest BCUT2D eigenvalue weighted by Gasteiger charge is 2.31. The van der Waals surface area contributed by atoms with E-state index < -0.39 is 5.97 Å². The summed E-state index contributed by atoms with van der Waals surface area (Å²) in [5.41, 5.74) is 5.73. The zero-order valence-corrected chi connectivity index (χ0v) is 14.3. The van der Waals surface area contributed by atoms with Crippen molar-refractivity contribution < 1.29 is 9.53 Å². The third-order valence-corrected chi connectivity index (χ3v) is 4.51. The van der Waals surface area contributed by atoms with E-state index in [1.807, 2.05) is 24.3 Å². The van der Waals surface area contributed by atoms with Gasteiger partial charge in [0.05, 0.1) is 47.9 Å². The first-order valence-electron chi connectivity index (χ1n) is 8.50. The maximum Gasteiger partial charge on any atom is 0.359 e. The summed E-state index contributed by atoms with van der Waals surface area (Å²) in [5.74, 6) is -0.439. The summed E-state index contributed by atoms with van der Waals surface area (Å²) in [6, 6.07) is 9.78. The number of hydrogen-bond acceptors (Lipinski definition) is 5. The Morgan fingerprint density at radius 3 is 2.88 bits per heavy atom. The van der Waals surface area contributed by atoms with Gasteiger partial charge in [0, 0.05) is 0 Å². The lowest BCUT2D eigenvalue weighted by Gasteiger charge is -2.14.